The predicted octanol–water partition coefficient (Wildman–Crippen LogP) is 4.43. The van der Waals surface area contributed by atoms with E-state index in [4.69, 9.17) is 9.47 Å². The van der Waals surface area contributed by atoms with Crippen LogP contribution in [0.25, 0.3) is 11.2 Å². The van der Waals surface area contributed by atoms with Gasteiger partial charge < -0.3 is 19.9 Å². The van der Waals surface area contributed by atoms with E-state index in [9.17, 15) is 19.1 Å². The van der Waals surface area contributed by atoms with E-state index in [0.717, 1.165) is 51.4 Å². The van der Waals surface area contributed by atoms with Gasteiger partial charge in [-0.05, 0) is 19.8 Å². The zero-order valence-corrected chi connectivity index (χ0v) is 21.5. The molecule has 0 unspecified atom stereocenters. The average Bonchev–Trinajstić information content (AvgIpc) is 3.41. The molecule has 0 aromatic carbocycles. The van der Waals surface area contributed by atoms with Crippen LogP contribution in [0, 0.1) is 6.08 Å². The average molecular weight is 508 g/mol. The van der Waals surface area contributed by atoms with Gasteiger partial charge in [-0.3, -0.25) is 14.2 Å². The molecule has 0 saturated carbocycles. The van der Waals surface area contributed by atoms with Gasteiger partial charge in [-0.2, -0.15) is 14.4 Å². The SMILES string of the molecule is CCCCCCC(=O)Nc1nc(F)nc2c1ncn2[C@H]1C[C@H](OC(=O)CCCCCC)[C@@](C)(CO)O1. The van der Waals surface area contributed by atoms with E-state index in [1.807, 2.05) is 0 Å². The maximum atomic E-state index is 14.3. The van der Waals surface area contributed by atoms with Gasteiger partial charge in [0.05, 0.1) is 12.9 Å². The third kappa shape index (κ3) is 6.97. The predicted molar refractivity (Wildman–Crippen MR) is 132 cm³/mol. The van der Waals surface area contributed by atoms with Crippen molar-refractivity contribution in [2.45, 2.75) is 109 Å². The highest BCUT2D eigenvalue weighted by molar-refractivity contribution is 5.96. The lowest BCUT2D eigenvalue weighted by atomic mass is 10.00. The maximum absolute atomic E-state index is 14.3. The van der Waals surface area contributed by atoms with Crippen LogP contribution in [0.2, 0.25) is 0 Å². The number of carbonyl (C=O) groups excluding carboxylic acids is 2. The Morgan fingerprint density at radius 1 is 1.17 bits per heavy atom. The molecule has 200 valence electrons. The molecule has 1 aliphatic heterocycles. The summed E-state index contributed by atoms with van der Waals surface area (Å²) < 4.78 is 27.6. The van der Waals surface area contributed by atoms with Crippen molar-refractivity contribution < 1.29 is 28.6 Å². The number of aliphatic hydroxyl groups excluding tert-OH is 1. The van der Waals surface area contributed by atoms with Crippen LogP contribution < -0.4 is 5.32 Å². The van der Waals surface area contributed by atoms with Gasteiger partial charge in [-0.25, -0.2) is 4.98 Å². The summed E-state index contributed by atoms with van der Waals surface area (Å²) in [6.45, 7) is 5.49. The van der Waals surface area contributed by atoms with E-state index in [-0.39, 0.29) is 41.9 Å². The zero-order chi connectivity index (χ0) is 26.1. The number of unbranched alkanes of at least 4 members (excludes halogenated alkanes) is 6. The minimum atomic E-state index is -1.14. The fourth-order valence-corrected chi connectivity index (χ4v) is 4.36. The number of nitrogens with one attached hydrogen (secondary N) is 1. The molecule has 0 bridgehead atoms. The van der Waals surface area contributed by atoms with Crippen molar-refractivity contribution in [3.8, 4) is 0 Å². The topological polar surface area (TPSA) is 128 Å². The Morgan fingerprint density at radius 3 is 2.53 bits per heavy atom. The number of hydrogen-bond donors (Lipinski definition) is 2. The molecule has 2 aromatic heterocycles. The molecule has 3 rings (SSSR count). The summed E-state index contributed by atoms with van der Waals surface area (Å²) in [7, 11) is 0. The number of carbonyl (C=O) groups is 2. The Kier molecular flexibility index (Phi) is 10.1. The highest BCUT2D eigenvalue weighted by Gasteiger charge is 2.48. The van der Waals surface area contributed by atoms with Crippen LogP contribution in [0.4, 0.5) is 10.2 Å². The number of amides is 1. The lowest BCUT2D eigenvalue weighted by Gasteiger charge is -2.27. The van der Waals surface area contributed by atoms with Crippen molar-refractivity contribution in [3.05, 3.63) is 12.4 Å². The molecule has 3 atom stereocenters. The van der Waals surface area contributed by atoms with Gasteiger partial charge in [-0.15, -0.1) is 0 Å². The van der Waals surface area contributed by atoms with Gasteiger partial charge in [0.2, 0.25) is 5.91 Å². The molecule has 2 aromatic rings. The summed E-state index contributed by atoms with van der Waals surface area (Å²) in [4.78, 5) is 36.6. The lowest BCUT2D eigenvalue weighted by Crippen LogP contribution is -2.42. The first-order valence-corrected chi connectivity index (χ1v) is 13.0. The lowest BCUT2D eigenvalue weighted by molar-refractivity contribution is -0.164. The summed E-state index contributed by atoms with van der Waals surface area (Å²) in [6.07, 6.45) is 7.47. The highest BCUT2D eigenvalue weighted by atomic mass is 19.1. The van der Waals surface area contributed by atoms with Crippen LogP contribution in [0.1, 0.15) is 97.6 Å². The van der Waals surface area contributed by atoms with Crippen LogP contribution in [-0.2, 0) is 19.1 Å². The third-order valence-electron chi connectivity index (χ3n) is 6.54. The zero-order valence-electron chi connectivity index (χ0n) is 21.5. The number of ether oxygens (including phenoxy) is 2. The van der Waals surface area contributed by atoms with Crippen LogP contribution in [-0.4, -0.2) is 54.8 Å². The van der Waals surface area contributed by atoms with Crippen molar-refractivity contribution in [2.75, 3.05) is 11.9 Å². The first-order chi connectivity index (χ1) is 17.3. The first-order valence-electron chi connectivity index (χ1n) is 13.0. The molecule has 1 aliphatic rings. The first kappa shape index (κ1) is 27.9. The summed E-state index contributed by atoms with van der Waals surface area (Å²) in [5.41, 5.74) is -0.772. The Labute approximate surface area is 211 Å². The number of aromatic nitrogens is 4. The Hall–Kier alpha value is -2.66. The number of aliphatic hydroxyl groups is 1. The highest BCUT2D eigenvalue weighted by Crippen LogP contribution is 2.40. The smallest absolute Gasteiger partial charge is 0.312 e. The van der Waals surface area contributed by atoms with E-state index in [1.54, 1.807) is 6.92 Å². The summed E-state index contributed by atoms with van der Waals surface area (Å²) in [5.74, 6) is -0.613. The summed E-state index contributed by atoms with van der Waals surface area (Å²) in [6, 6.07) is 0. The number of nitrogens with zero attached hydrogens (tertiary/aromatic N) is 4. The molecule has 0 aliphatic carbocycles. The minimum Gasteiger partial charge on any atom is -0.459 e. The fraction of sp³-hybridized carbons (Fsp3) is 0.720. The largest absolute Gasteiger partial charge is 0.459 e. The molecule has 11 heteroatoms. The number of hydrogen-bond acceptors (Lipinski definition) is 8. The van der Waals surface area contributed by atoms with Crippen molar-refractivity contribution in [2.24, 2.45) is 0 Å². The molecule has 0 radical (unpaired) electrons. The second-order valence-corrected chi connectivity index (χ2v) is 9.59. The van der Waals surface area contributed by atoms with Crippen molar-refractivity contribution in [1.82, 2.24) is 19.5 Å². The normalized spacial score (nSPS) is 21.7. The molecule has 0 spiro atoms. The Bertz CT molecular complexity index is 1030. The van der Waals surface area contributed by atoms with E-state index >= 15 is 0 Å². The quantitative estimate of drug-likeness (QED) is 0.218. The molecule has 10 nitrogen and oxygen atoms in total. The molecular weight excluding hydrogens is 469 g/mol. The van der Waals surface area contributed by atoms with Crippen LogP contribution in [0.3, 0.4) is 0 Å². The van der Waals surface area contributed by atoms with E-state index in [1.165, 1.54) is 10.9 Å². The van der Waals surface area contributed by atoms with Gasteiger partial charge in [0, 0.05) is 19.3 Å². The molecule has 3 heterocycles. The maximum Gasteiger partial charge on any atom is 0.312 e. The summed E-state index contributed by atoms with van der Waals surface area (Å²) in [5, 5.41) is 12.6. The fourth-order valence-electron chi connectivity index (χ4n) is 4.36. The number of halogens is 1. The van der Waals surface area contributed by atoms with Gasteiger partial charge in [0.1, 0.15) is 17.9 Å². The third-order valence-corrected chi connectivity index (χ3v) is 6.54. The van der Waals surface area contributed by atoms with E-state index < -0.39 is 24.0 Å². The number of anilines is 1. The number of imidazole rings is 1. The Morgan fingerprint density at radius 2 is 1.86 bits per heavy atom. The number of fused-ring (bicyclic) bond motifs is 1. The van der Waals surface area contributed by atoms with Gasteiger partial charge in [0.25, 0.3) is 0 Å². The molecular formula is C25H38FN5O5. The minimum absolute atomic E-state index is 0.00489. The Balaban J connectivity index is 1.73. The van der Waals surface area contributed by atoms with Gasteiger partial charge in [-0.1, -0.05) is 52.4 Å². The monoisotopic (exact) mass is 507 g/mol. The second-order valence-electron chi connectivity index (χ2n) is 9.59. The van der Waals surface area contributed by atoms with Gasteiger partial charge in [0.15, 0.2) is 17.0 Å². The molecule has 1 amide bonds. The van der Waals surface area contributed by atoms with Crippen molar-refractivity contribution in [3.63, 3.8) is 0 Å². The molecule has 1 saturated heterocycles. The summed E-state index contributed by atoms with van der Waals surface area (Å²) >= 11 is 0. The second kappa shape index (κ2) is 13.0. The number of rotatable bonds is 14. The van der Waals surface area contributed by atoms with Crippen LogP contribution in [0.5, 0.6) is 0 Å². The molecule has 36 heavy (non-hydrogen) atoms. The van der Waals surface area contributed by atoms with E-state index in [0.29, 0.717) is 12.8 Å². The van der Waals surface area contributed by atoms with Gasteiger partial charge >= 0.3 is 12.0 Å². The van der Waals surface area contributed by atoms with Crippen LogP contribution in [0.15, 0.2) is 6.33 Å². The van der Waals surface area contributed by atoms with Crippen molar-refractivity contribution in [1.29, 1.82) is 0 Å². The van der Waals surface area contributed by atoms with Crippen LogP contribution >= 0.6 is 0 Å². The number of esters is 1. The van der Waals surface area contributed by atoms with Crippen molar-refractivity contribution >= 4 is 28.9 Å². The van der Waals surface area contributed by atoms with E-state index in [2.05, 4.69) is 34.1 Å². The molecule has 1 fully saturated rings. The standard InChI is InChI=1S/C25H38FN5O5/c1-4-6-8-10-12-18(33)28-22-21-23(30-24(26)29-22)31(16-27-21)19-14-17(25(3,15-32)36-19)35-20(34)13-11-9-7-5-2/h16-17,19,32H,4-15H2,1-3H3,(H,28,29,30,33)/t17-,19+,25+/m0/s1. The molecule has 2 N–H and O–H groups in total.